The summed E-state index contributed by atoms with van der Waals surface area (Å²) in [5, 5.41) is 9.63. The quantitative estimate of drug-likeness (QED) is 0.0284. The van der Waals surface area contributed by atoms with Crippen molar-refractivity contribution in [2.45, 2.75) is 174 Å². The summed E-state index contributed by atoms with van der Waals surface area (Å²) in [6.07, 6.45) is 56.0. The van der Waals surface area contributed by atoms with E-state index < -0.39 is 18.1 Å². The summed E-state index contributed by atoms with van der Waals surface area (Å²) in [4.78, 5) is 37.0. The van der Waals surface area contributed by atoms with E-state index in [1.54, 1.807) is 0 Å². The van der Waals surface area contributed by atoms with E-state index in [-0.39, 0.29) is 36.2 Å². The number of carbonyl (C=O) groups excluding carboxylic acids is 2. The number of allylic oxidation sites excluding steroid dienone is 16. The fourth-order valence-electron chi connectivity index (χ4n) is 6.19. The minimum atomic E-state index is -0.886. The molecule has 60 heavy (non-hydrogen) atoms. The molecule has 0 fully saturated rings. The van der Waals surface area contributed by atoms with E-state index in [0.29, 0.717) is 25.7 Å². The molecule has 0 rings (SSSR count). The number of carboxylic acid groups (broad SMARTS) is 1. The number of rotatable bonds is 40. The summed E-state index contributed by atoms with van der Waals surface area (Å²) in [7, 11) is 5.50. The van der Waals surface area contributed by atoms with Gasteiger partial charge < -0.3 is 23.8 Å². The van der Waals surface area contributed by atoms with E-state index in [2.05, 4.69) is 111 Å². The molecule has 340 valence electrons. The third kappa shape index (κ3) is 39.7. The van der Waals surface area contributed by atoms with E-state index >= 15 is 0 Å². The summed E-state index contributed by atoms with van der Waals surface area (Å²) in [5.74, 6) is -1.54. The van der Waals surface area contributed by atoms with Crippen LogP contribution in [0, 0.1) is 0 Å². The van der Waals surface area contributed by atoms with Crippen LogP contribution in [-0.4, -0.2) is 80.6 Å². The van der Waals surface area contributed by atoms with Crippen LogP contribution in [0.15, 0.2) is 97.2 Å². The van der Waals surface area contributed by atoms with Gasteiger partial charge in [-0.05, 0) is 89.9 Å². The number of likely N-dealkylation sites (N-methyl/N-ethyl adjacent to an activating group) is 1. The highest BCUT2D eigenvalue weighted by molar-refractivity contribution is 5.72. The van der Waals surface area contributed by atoms with Crippen LogP contribution in [0.3, 0.4) is 0 Å². The van der Waals surface area contributed by atoms with Gasteiger partial charge in [0.15, 0.2) is 12.1 Å². The Balaban J connectivity index is 4.39. The Hall–Kier alpha value is -3.75. The minimum absolute atomic E-state index is 0.0383. The first-order chi connectivity index (χ1) is 29.1. The molecule has 0 spiro atoms. The van der Waals surface area contributed by atoms with Crippen LogP contribution in [0.2, 0.25) is 0 Å². The highest BCUT2D eigenvalue weighted by Crippen LogP contribution is 2.13. The second-order valence-corrected chi connectivity index (χ2v) is 16.2. The number of hydrogen-bond donors (Lipinski definition) is 1. The van der Waals surface area contributed by atoms with Crippen LogP contribution < -0.4 is 0 Å². The first kappa shape index (κ1) is 56.2. The van der Waals surface area contributed by atoms with Gasteiger partial charge in [-0.2, -0.15) is 0 Å². The zero-order chi connectivity index (χ0) is 44.2. The number of carboxylic acids is 1. The molecule has 8 nitrogen and oxygen atoms in total. The van der Waals surface area contributed by atoms with Gasteiger partial charge in [0, 0.05) is 19.3 Å². The molecule has 0 aliphatic carbocycles. The summed E-state index contributed by atoms with van der Waals surface area (Å²) in [5.41, 5.74) is 0. The lowest BCUT2D eigenvalue weighted by molar-refractivity contribution is -0.887. The number of quaternary nitrogens is 1. The molecular weight excluding hydrogens is 751 g/mol. The van der Waals surface area contributed by atoms with E-state index in [4.69, 9.17) is 14.2 Å². The van der Waals surface area contributed by atoms with E-state index in [1.807, 2.05) is 21.1 Å². The van der Waals surface area contributed by atoms with Crippen LogP contribution in [-0.2, 0) is 28.6 Å². The van der Waals surface area contributed by atoms with Gasteiger partial charge in [0.25, 0.3) is 0 Å². The van der Waals surface area contributed by atoms with Crippen LogP contribution >= 0.6 is 0 Å². The summed E-state index contributed by atoms with van der Waals surface area (Å²) >= 11 is 0. The fourth-order valence-corrected chi connectivity index (χ4v) is 6.19. The molecule has 0 aromatic rings. The summed E-state index contributed by atoms with van der Waals surface area (Å²) < 4.78 is 17.3. The van der Waals surface area contributed by atoms with Gasteiger partial charge in [0.2, 0.25) is 0 Å². The Kier molecular flexibility index (Phi) is 39.3. The molecule has 0 saturated carbocycles. The maximum absolute atomic E-state index is 12.8. The standard InChI is InChI=1S/C52H85NO7/c1-6-8-10-12-14-16-18-20-22-23-24-25-26-27-29-31-33-35-37-39-41-43-51(55)60-48(46-58-45-44-49(52(56)57)53(3,4)5)47-59-50(54)42-40-38-36-34-32-30-28-21-19-17-15-13-11-9-7-2/h8-11,14-17,20-22,24-25,28,32,34,48-49H,6-7,12-13,18-19,23,26-27,29-31,33,35-47H2,1-5H3/p+1/b10-8-,11-9-,16-14-,17-15-,22-20-,25-24-,28-21-,34-32-. The van der Waals surface area contributed by atoms with Gasteiger partial charge in [-0.15, -0.1) is 0 Å². The first-order valence-electron chi connectivity index (χ1n) is 23.3. The van der Waals surface area contributed by atoms with Crippen molar-refractivity contribution < 1.29 is 38.2 Å². The van der Waals surface area contributed by atoms with Crippen molar-refractivity contribution in [1.29, 1.82) is 0 Å². The third-order valence-corrected chi connectivity index (χ3v) is 9.73. The van der Waals surface area contributed by atoms with Gasteiger partial charge in [0.05, 0.1) is 34.4 Å². The highest BCUT2D eigenvalue weighted by atomic mass is 16.6. The Labute approximate surface area is 366 Å². The number of nitrogens with zero attached hydrogens (tertiary/aromatic N) is 1. The molecular formula is C52H86NO7+. The smallest absolute Gasteiger partial charge is 0.362 e. The molecule has 2 unspecified atom stereocenters. The van der Waals surface area contributed by atoms with Crippen molar-refractivity contribution in [3.63, 3.8) is 0 Å². The number of carbonyl (C=O) groups is 3. The zero-order valence-electron chi connectivity index (χ0n) is 38.6. The van der Waals surface area contributed by atoms with Gasteiger partial charge in [-0.3, -0.25) is 9.59 Å². The van der Waals surface area contributed by atoms with Crippen molar-refractivity contribution in [2.24, 2.45) is 0 Å². The van der Waals surface area contributed by atoms with Gasteiger partial charge in [-0.1, -0.05) is 150 Å². The molecule has 0 bridgehead atoms. The molecule has 1 N–H and O–H groups in total. The molecule has 8 heteroatoms. The third-order valence-electron chi connectivity index (χ3n) is 9.73. The molecule has 0 aliphatic heterocycles. The van der Waals surface area contributed by atoms with E-state index in [9.17, 15) is 19.5 Å². The first-order valence-corrected chi connectivity index (χ1v) is 23.3. The van der Waals surface area contributed by atoms with Gasteiger partial charge >= 0.3 is 17.9 Å². The molecule has 0 amide bonds. The number of aliphatic carboxylic acids is 1. The molecule has 0 aromatic carbocycles. The molecule has 0 aliphatic rings. The SMILES string of the molecule is CC/C=C\C/C=C\C/C=C\C/C=C\CCCCCCCCCCC(=O)OC(COCCC(C(=O)O)[N+](C)(C)C)COC(=O)CCCC/C=C\C/C=C\C/C=C\C/C=C\CC. The normalized spacial score (nSPS) is 13.8. The second-order valence-electron chi connectivity index (χ2n) is 16.2. The average Bonchev–Trinajstić information content (AvgIpc) is 3.21. The Morgan fingerprint density at radius 1 is 0.500 bits per heavy atom. The average molecular weight is 837 g/mol. The molecule has 0 aromatic heterocycles. The van der Waals surface area contributed by atoms with Crippen LogP contribution in [0.1, 0.15) is 162 Å². The summed E-state index contributed by atoms with van der Waals surface area (Å²) in [6.45, 7) is 4.44. The molecule has 0 saturated heterocycles. The second kappa shape index (κ2) is 42.0. The Bertz CT molecular complexity index is 1300. The lowest BCUT2D eigenvalue weighted by Crippen LogP contribution is -2.50. The Morgan fingerprint density at radius 2 is 0.883 bits per heavy atom. The lowest BCUT2D eigenvalue weighted by atomic mass is 10.1. The number of hydrogen-bond acceptors (Lipinski definition) is 6. The van der Waals surface area contributed by atoms with Crippen LogP contribution in [0.25, 0.3) is 0 Å². The van der Waals surface area contributed by atoms with Gasteiger partial charge in [0.1, 0.15) is 6.61 Å². The minimum Gasteiger partial charge on any atom is -0.477 e. The predicted octanol–water partition coefficient (Wildman–Crippen LogP) is 13.1. The zero-order valence-corrected chi connectivity index (χ0v) is 38.6. The topological polar surface area (TPSA) is 99.1 Å². The van der Waals surface area contributed by atoms with Crippen LogP contribution in [0.5, 0.6) is 0 Å². The van der Waals surface area contributed by atoms with Crippen molar-refractivity contribution in [3.8, 4) is 0 Å². The fraction of sp³-hybridized carbons (Fsp3) is 0.635. The lowest BCUT2D eigenvalue weighted by Gasteiger charge is -2.31. The maximum atomic E-state index is 12.8. The maximum Gasteiger partial charge on any atom is 0.362 e. The van der Waals surface area contributed by atoms with Crippen LogP contribution in [0.4, 0.5) is 0 Å². The van der Waals surface area contributed by atoms with Gasteiger partial charge in [-0.25, -0.2) is 4.79 Å². The Morgan fingerprint density at radius 3 is 1.33 bits per heavy atom. The van der Waals surface area contributed by atoms with Crippen molar-refractivity contribution >= 4 is 17.9 Å². The van der Waals surface area contributed by atoms with Crippen molar-refractivity contribution in [3.05, 3.63) is 97.2 Å². The van der Waals surface area contributed by atoms with Crippen molar-refractivity contribution in [1.82, 2.24) is 0 Å². The molecule has 2 atom stereocenters. The molecule has 0 heterocycles. The van der Waals surface area contributed by atoms with E-state index in [1.165, 1.54) is 32.1 Å². The molecule has 0 radical (unpaired) electrons. The predicted molar refractivity (Wildman–Crippen MR) is 252 cm³/mol. The largest absolute Gasteiger partial charge is 0.477 e. The van der Waals surface area contributed by atoms with E-state index in [0.717, 1.165) is 89.9 Å². The summed E-state index contributed by atoms with van der Waals surface area (Å²) in [6, 6.07) is -0.628. The van der Waals surface area contributed by atoms with Crippen molar-refractivity contribution in [2.75, 3.05) is 41.0 Å². The number of unbranched alkanes of at least 4 members (excludes halogenated alkanes) is 10. The number of ether oxygens (including phenoxy) is 3. The highest BCUT2D eigenvalue weighted by Gasteiger charge is 2.31. The number of esters is 2. The monoisotopic (exact) mass is 837 g/mol.